The van der Waals surface area contributed by atoms with E-state index < -0.39 is 28.7 Å². The summed E-state index contributed by atoms with van der Waals surface area (Å²) in [4.78, 5) is 46.4. The molecular weight excluding hydrogens is 659 g/mol. The number of benzene rings is 1. The van der Waals surface area contributed by atoms with Crippen LogP contribution in [0.15, 0.2) is 81.2 Å². The Morgan fingerprint density at radius 2 is 2.06 bits per heavy atom. The molecule has 2 aromatic heterocycles. The molecular formula is C38H39N3O6S2. The van der Waals surface area contributed by atoms with E-state index in [-0.39, 0.29) is 29.0 Å². The van der Waals surface area contributed by atoms with Crippen LogP contribution < -0.4 is 16.1 Å². The predicted octanol–water partition coefficient (Wildman–Crippen LogP) is 6.31. The Morgan fingerprint density at radius 1 is 1.22 bits per heavy atom. The normalized spacial score (nSPS) is 31.8. The van der Waals surface area contributed by atoms with Crippen LogP contribution in [0, 0.1) is 5.41 Å². The Labute approximate surface area is 292 Å². The molecule has 9 nitrogen and oxygen atoms in total. The van der Waals surface area contributed by atoms with Gasteiger partial charge in [-0.25, -0.2) is 14.6 Å². The molecule has 3 aliphatic heterocycles. The summed E-state index contributed by atoms with van der Waals surface area (Å²) in [7, 11) is 3.60. The zero-order valence-corrected chi connectivity index (χ0v) is 29.6. The molecule has 2 N–H and O–H groups in total. The molecule has 254 valence electrons. The number of nitrogens with two attached hydrogens (primary N) is 1. The number of carbonyl (C=O) groups is 2. The summed E-state index contributed by atoms with van der Waals surface area (Å²) in [6, 6.07) is 8.91. The van der Waals surface area contributed by atoms with Gasteiger partial charge in [-0.1, -0.05) is 58.4 Å². The van der Waals surface area contributed by atoms with Crippen LogP contribution in [0.1, 0.15) is 63.1 Å². The summed E-state index contributed by atoms with van der Waals surface area (Å²) in [5, 5.41) is 0.961. The van der Waals surface area contributed by atoms with Gasteiger partial charge in [-0.15, -0.1) is 0 Å². The number of hydrogen-bond acceptors (Lipinski definition) is 10. The number of anilines is 1. The zero-order chi connectivity index (χ0) is 34.3. The molecule has 1 spiro atoms. The lowest BCUT2D eigenvalue weighted by Crippen LogP contribution is -2.66. The van der Waals surface area contributed by atoms with E-state index in [1.54, 1.807) is 42.1 Å². The molecule has 1 amide bonds. The third kappa shape index (κ3) is 4.90. The first kappa shape index (κ1) is 32.3. The highest BCUT2D eigenvalue weighted by atomic mass is 33.1. The number of nitrogens with zero attached hydrogens (tertiary/aromatic N) is 2. The SMILES string of the molecule is C/C=C(\C)C(=O)O[C@]1(C)CC=C2CSS[C@@H]3C=C[C@@]4(CC)CN(C(=O)Cc5cnc(N)cc5[C@H]2[C@]12Cc1cc5ccc(=O)oc5cc1O2)[C@@H]34. The minimum atomic E-state index is -1.14. The van der Waals surface area contributed by atoms with Gasteiger partial charge < -0.3 is 24.5 Å². The van der Waals surface area contributed by atoms with Gasteiger partial charge in [0.15, 0.2) is 11.2 Å². The number of rotatable bonds is 3. The molecule has 2 aliphatic carbocycles. The van der Waals surface area contributed by atoms with E-state index in [0.717, 1.165) is 34.1 Å². The molecule has 8 rings (SSSR count). The lowest BCUT2D eigenvalue weighted by Gasteiger charge is -2.56. The van der Waals surface area contributed by atoms with E-state index in [1.807, 2.05) is 41.7 Å². The first-order valence-electron chi connectivity index (χ1n) is 16.8. The van der Waals surface area contributed by atoms with Gasteiger partial charge in [-0.2, -0.15) is 0 Å². The molecule has 5 heterocycles. The third-order valence-electron chi connectivity index (χ3n) is 11.5. The minimum absolute atomic E-state index is 0.0276. The van der Waals surface area contributed by atoms with Gasteiger partial charge in [0.1, 0.15) is 17.2 Å². The molecule has 1 saturated heterocycles. The largest absolute Gasteiger partial charge is 0.481 e. The average molecular weight is 698 g/mol. The van der Waals surface area contributed by atoms with Gasteiger partial charge in [0.2, 0.25) is 5.91 Å². The van der Waals surface area contributed by atoms with E-state index in [1.165, 1.54) is 6.07 Å². The van der Waals surface area contributed by atoms with Crippen LogP contribution in [0.2, 0.25) is 0 Å². The van der Waals surface area contributed by atoms with Gasteiger partial charge in [-0.05, 0) is 62.1 Å². The third-order valence-corrected chi connectivity index (χ3v) is 14.2. The summed E-state index contributed by atoms with van der Waals surface area (Å²) in [6.45, 7) is 8.42. The monoisotopic (exact) mass is 697 g/mol. The number of allylic oxidation sites excluding steroid dienone is 1. The van der Waals surface area contributed by atoms with Crippen molar-refractivity contribution in [2.75, 3.05) is 18.0 Å². The number of aromatic nitrogens is 1. The van der Waals surface area contributed by atoms with E-state index in [9.17, 15) is 14.4 Å². The fourth-order valence-corrected chi connectivity index (χ4v) is 11.5. The summed E-state index contributed by atoms with van der Waals surface area (Å²) in [5.41, 5.74) is 8.31. The fourth-order valence-electron chi connectivity index (χ4n) is 8.59. The number of nitrogen functional groups attached to an aromatic ring is 1. The molecule has 0 unspecified atom stereocenters. The van der Waals surface area contributed by atoms with Crippen molar-refractivity contribution in [1.82, 2.24) is 9.88 Å². The zero-order valence-electron chi connectivity index (χ0n) is 28.0. The van der Waals surface area contributed by atoms with Crippen LogP contribution in [-0.4, -0.2) is 56.6 Å². The molecule has 1 aromatic carbocycles. The first-order valence-corrected chi connectivity index (χ1v) is 19.2. The van der Waals surface area contributed by atoms with Gasteiger partial charge >= 0.3 is 11.6 Å². The molecule has 6 atom stereocenters. The van der Waals surface area contributed by atoms with Crippen LogP contribution in [0.25, 0.3) is 11.0 Å². The van der Waals surface area contributed by atoms with Crippen molar-refractivity contribution in [3.63, 3.8) is 0 Å². The summed E-state index contributed by atoms with van der Waals surface area (Å²) in [6.07, 6.45) is 12.3. The van der Waals surface area contributed by atoms with E-state index in [2.05, 4.69) is 30.1 Å². The van der Waals surface area contributed by atoms with Crippen molar-refractivity contribution in [3.8, 4) is 5.75 Å². The second-order valence-corrected chi connectivity index (χ2v) is 16.7. The second-order valence-electron chi connectivity index (χ2n) is 14.1. The van der Waals surface area contributed by atoms with E-state index >= 15 is 0 Å². The van der Waals surface area contributed by atoms with Gasteiger partial charge in [0.05, 0.1) is 23.6 Å². The van der Waals surface area contributed by atoms with Crippen molar-refractivity contribution in [3.05, 3.63) is 99.1 Å². The quantitative estimate of drug-likeness (QED) is 0.110. The van der Waals surface area contributed by atoms with Gasteiger partial charge in [-0.3, -0.25) is 4.79 Å². The second kappa shape index (κ2) is 11.6. The Bertz CT molecular complexity index is 2070. The summed E-state index contributed by atoms with van der Waals surface area (Å²) < 4.78 is 19.2. The molecule has 0 saturated carbocycles. The number of ether oxygens (including phenoxy) is 2. The number of hydrogen-bond donors (Lipinski definition) is 1. The highest BCUT2D eigenvalue weighted by Gasteiger charge is 2.64. The Morgan fingerprint density at radius 3 is 2.86 bits per heavy atom. The van der Waals surface area contributed by atoms with Crippen LogP contribution in [0.4, 0.5) is 5.82 Å². The van der Waals surface area contributed by atoms with E-state index in [0.29, 0.717) is 47.9 Å². The van der Waals surface area contributed by atoms with Crippen molar-refractivity contribution in [1.29, 1.82) is 0 Å². The maximum atomic E-state index is 14.2. The highest BCUT2D eigenvalue weighted by Crippen LogP contribution is 2.59. The van der Waals surface area contributed by atoms with Gasteiger partial charge in [0.25, 0.3) is 0 Å². The minimum Gasteiger partial charge on any atom is -0.481 e. The summed E-state index contributed by atoms with van der Waals surface area (Å²) in [5.74, 6) is 0.784. The van der Waals surface area contributed by atoms with Crippen molar-refractivity contribution in [2.45, 2.75) is 81.8 Å². The smallest absolute Gasteiger partial charge is 0.336 e. The lowest BCUT2D eigenvalue weighted by atomic mass is 9.61. The van der Waals surface area contributed by atoms with Crippen molar-refractivity contribution in [2.24, 2.45) is 5.41 Å². The standard InChI is InChI=1S/C38H39N3O6S2/c1-5-21(3)35(44)47-36(4)11-9-23-19-48-49-29-10-12-37(6-2)20-41(34(29)37)31(42)14-25-18-40-30(39)15-26(25)33(23)38(36)17-24-13-22-7-8-32(43)45-27(22)16-28(24)46-38/h5,7-10,12-13,15-16,18,29,33-34H,6,11,14,17,19-20H2,1-4H3,(H2,39,40)/b21-5+/t29-,33+,34+,36-,37+,38-/m1/s1. The summed E-state index contributed by atoms with van der Waals surface area (Å²) >= 11 is 0. The maximum Gasteiger partial charge on any atom is 0.336 e. The fraction of sp³-hybridized carbons (Fsp3) is 0.421. The Kier molecular flexibility index (Phi) is 7.60. The molecule has 3 aromatic rings. The molecule has 1 fully saturated rings. The first-order chi connectivity index (χ1) is 23.5. The molecule has 11 heteroatoms. The topological polar surface area (TPSA) is 125 Å². The maximum absolute atomic E-state index is 14.2. The van der Waals surface area contributed by atoms with Crippen LogP contribution in [-0.2, 0) is 27.2 Å². The Balaban J connectivity index is 1.31. The predicted molar refractivity (Wildman–Crippen MR) is 192 cm³/mol. The van der Waals surface area contributed by atoms with E-state index in [4.69, 9.17) is 19.6 Å². The Hall–Kier alpha value is -3.96. The molecule has 0 bridgehead atoms. The van der Waals surface area contributed by atoms with Crippen LogP contribution >= 0.6 is 21.6 Å². The molecule has 49 heavy (non-hydrogen) atoms. The molecule has 0 radical (unpaired) electrons. The highest BCUT2D eigenvalue weighted by molar-refractivity contribution is 8.77. The molecule has 5 aliphatic rings. The van der Waals surface area contributed by atoms with Crippen LogP contribution in [0.5, 0.6) is 5.75 Å². The number of amides is 1. The number of pyridine rings is 1. The number of fused-ring (bicyclic) bond motifs is 6. The average Bonchev–Trinajstić information content (AvgIpc) is 3.56. The van der Waals surface area contributed by atoms with Crippen molar-refractivity contribution >= 4 is 50.3 Å². The number of esters is 1. The van der Waals surface area contributed by atoms with Crippen molar-refractivity contribution < 1.29 is 23.5 Å². The lowest BCUT2D eigenvalue weighted by molar-refractivity contribution is -0.183. The number of carbonyl (C=O) groups excluding carboxylic acids is 2. The van der Waals surface area contributed by atoms with Crippen LogP contribution in [0.3, 0.4) is 0 Å². The van der Waals surface area contributed by atoms with Gasteiger partial charge in [0, 0.05) is 59.8 Å².